The molecule has 0 aliphatic carbocycles. The van der Waals surface area contributed by atoms with Crippen molar-refractivity contribution in [2.75, 3.05) is 29.9 Å². The summed E-state index contributed by atoms with van der Waals surface area (Å²) in [5, 5.41) is 9.93. The Labute approximate surface area is 127 Å². The Morgan fingerprint density at radius 3 is 2.81 bits per heavy atom. The summed E-state index contributed by atoms with van der Waals surface area (Å²) in [4.78, 5) is 19.7. The first kappa shape index (κ1) is 13.7. The number of hydrogen-bond donors (Lipinski definition) is 1. The summed E-state index contributed by atoms with van der Waals surface area (Å²) >= 11 is 6.23. The third-order valence-corrected chi connectivity index (χ3v) is 3.87. The Morgan fingerprint density at radius 2 is 2.10 bits per heavy atom. The lowest BCUT2D eigenvalue weighted by Crippen LogP contribution is -2.38. The van der Waals surface area contributed by atoms with Gasteiger partial charge in [0, 0.05) is 26.3 Å². The fourth-order valence-electron chi connectivity index (χ4n) is 2.60. The van der Waals surface area contributed by atoms with Gasteiger partial charge in [-0.05, 0) is 24.3 Å². The Bertz CT molecular complexity index is 705. The first-order valence-electron chi connectivity index (χ1n) is 6.55. The van der Waals surface area contributed by atoms with Gasteiger partial charge < -0.3 is 14.9 Å². The zero-order valence-electron chi connectivity index (χ0n) is 11.5. The van der Waals surface area contributed by atoms with E-state index in [1.807, 2.05) is 22.9 Å². The van der Waals surface area contributed by atoms with Crippen molar-refractivity contribution < 1.29 is 9.90 Å². The number of pyridine rings is 1. The molecule has 2 heterocycles. The molecule has 0 fully saturated rings. The molecular weight excluding hydrogens is 290 g/mol. The molecular formula is C15H14ClN3O2. The zero-order chi connectivity index (χ0) is 15.0. The molecule has 0 saturated heterocycles. The van der Waals surface area contributed by atoms with Crippen LogP contribution in [0.4, 0.5) is 17.2 Å². The van der Waals surface area contributed by atoms with Crippen molar-refractivity contribution in [3.05, 3.63) is 47.1 Å². The minimum absolute atomic E-state index is 0.284. The molecule has 1 aliphatic rings. The van der Waals surface area contributed by atoms with Crippen LogP contribution in [-0.2, 0) is 0 Å². The minimum Gasteiger partial charge on any atom is -0.478 e. The van der Waals surface area contributed by atoms with E-state index in [2.05, 4.69) is 4.98 Å². The molecule has 1 aromatic carbocycles. The van der Waals surface area contributed by atoms with Crippen molar-refractivity contribution in [2.24, 2.45) is 0 Å². The smallest absolute Gasteiger partial charge is 0.337 e. The highest BCUT2D eigenvalue weighted by atomic mass is 35.5. The molecule has 0 amide bonds. The molecule has 0 radical (unpaired) electrons. The SMILES string of the molecule is CN1CCN(c2ncccc2Cl)c2cccc(C(=O)O)c21. The maximum absolute atomic E-state index is 11.4. The molecule has 0 bridgehead atoms. The largest absolute Gasteiger partial charge is 0.478 e. The summed E-state index contributed by atoms with van der Waals surface area (Å²) in [6.07, 6.45) is 1.68. The number of aromatic nitrogens is 1. The summed E-state index contributed by atoms with van der Waals surface area (Å²) < 4.78 is 0. The number of likely N-dealkylation sites (N-methyl/N-ethyl adjacent to an activating group) is 1. The van der Waals surface area contributed by atoms with E-state index < -0.39 is 5.97 Å². The average molecular weight is 304 g/mol. The summed E-state index contributed by atoms with van der Waals surface area (Å²) in [7, 11) is 1.89. The summed E-state index contributed by atoms with van der Waals surface area (Å²) in [5.74, 6) is -0.288. The third kappa shape index (κ3) is 2.29. The molecule has 0 spiro atoms. The van der Waals surface area contributed by atoms with Gasteiger partial charge in [-0.25, -0.2) is 9.78 Å². The molecule has 1 N–H and O–H groups in total. The van der Waals surface area contributed by atoms with Gasteiger partial charge in [0.2, 0.25) is 0 Å². The molecule has 6 heteroatoms. The molecule has 5 nitrogen and oxygen atoms in total. The number of hydrogen-bond acceptors (Lipinski definition) is 4. The summed E-state index contributed by atoms with van der Waals surface area (Å²) in [6, 6.07) is 8.80. The van der Waals surface area contributed by atoms with Gasteiger partial charge in [-0.3, -0.25) is 0 Å². The molecule has 0 atom stereocenters. The summed E-state index contributed by atoms with van der Waals surface area (Å²) in [6.45, 7) is 1.40. The van der Waals surface area contributed by atoms with Gasteiger partial charge in [-0.15, -0.1) is 0 Å². The van der Waals surface area contributed by atoms with Crippen LogP contribution in [-0.4, -0.2) is 36.2 Å². The van der Waals surface area contributed by atoms with E-state index >= 15 is 0 Å². The number of anilines is 3. The number of aromatic carboxylic acids is 1. The zero-order valence-corrected chi connectivity index (χ0v) is 12.2. The molecule has 0 unspecified atom stereocenters. The third-order valence-electron chi connectivity index (χ3n) is 3.57. The summed E-state index contributed by atoms with van der Waals surface area (Å²) in [5.41, 5.74) is 1.79. The van der Waals surface area contributed by atoms with Gasteiger partial charge in [0.25, 0.3) is 0 Å². The highest BCUT2D eigenvalue weighted by molar-refractivity contribution is 6.33. The van der Waals surface area contributed by atoms with Gasteiger partial charge in [0.15, 0.2) is 5.82 Å². The Kier molecular flexibility index (Phi) is 3.43. The van der Waals surface area contributed by atoms with Crippen LogP contribution in [0, 0.1) is 0 Å². The van der Waals surface area contributed by atoms with Crippen molar-refractivity contribution >= 4 is 34.8 Å². The molecule has 1 aliphatic heterocycles. The lowest BCUT2D eigenvalue weighted by Gasteiger charge is -2.37. The lowest BCUT2D eigenvalue weighted by molar-refractivity contribution is 0.0697. The van der Waals surface area contributed by atoms with E-state index in [0.717, 1.165) is 5.69 Å². The number of benzene rings is 1. The van der Waals surface area contributed by atoms with Crippen LogP contribution < -0.4 is 9.80 Å². The highest BCUT2D eigenvalue weighted by Gasteiger charge is 2.27. The van der Waals surface area contributed by atoms with E-state index in [9.17, 15) is 9.90 Å². The van der Waals surface area contributed by atoms with Crippen LogP contribution >= 0.6 is 11.6 Å². The molecule has 1 aromatic heterocycles. The first-order chi connectivity index (χ1) is 10.1. The second kappa shape index (κ2) is 5.26. The van der Waals surface area contributed by atoms with Gasteiger partial charge in [-0.1, -0.05) is 17.7 Å². The molecule has 108 valence electrons. The van der Waals surface area contributed by atoms with E-state index in [1.165, 1.54) is 0 Å². The Balaban J connectivity index is 2.18. The maximum atomic E-state index is 11.4. The van der Waals surface area contributed by atoms with Crippen LogP contribution in [0.5, 0.6) is 0 Å². The van der Waals surface area contributed by atoms with Crippen molar-refractivity contribution in [1.29, 1.82) is 0 Å². The predicted molar refractivity (Wildman–Crippen MR) is 82.9 cm³/mol. The number of nitrogens with zero attached hydrogens (tertiary/aromatic N) is 3. The second-order valence-electron chi connectivity index (χ2n) is 4.86. The van der Waals surface area contributed by atoms with Gasteiger partial charge in [-0.2, -0.15) is 0 Å². The monoisotopic (exact) mass is 303 g/mol. The van der Waals surface area contributed by atoms with Crippen LogP contribution in [0.25, 0.3) is 0 Å². The quantitative estimate of drug-likeness (QED) is 0.924. The Morgan fingerprint density at radius 1 is 1.29 bits per heavy atom. The topological polar surface area (TPSA) is 56.7 Å². The number of halogens is 1. The highest BCUT2D eigenvalue weighted by Crippen LogP contribution is 2.40. The van der Waals surface area contributed by atoms with E-state index in [4.69, 9.17) is 11.6 Å². The van der Waals surface area contributed by atoms with Gasteiger partial charge in [0.1, 0.15) is 0 Å². The number of carboxylic acid groups (broad SMARTS) is 1. The predicted octanol–water partition coefficient (Wildman–Crippen LogP) is 3.02. The van der Waals surface area contributed by atoms with E-state index in [0.29, 0.717) is 29.6 Å². The van der Waals surface area contributed by atoms with Crippen LogP contribution in [0.1, 0.15) is 10.4 Å². The number of carbonyl (C=O) groups is 1. The lowest BCUT2D eigenvalue weighted by atomic mass is 10.1. The van der Waals surface area contributed by atoms with E-state index in [-0.39, 0.29) is 5.56 Å². The maximum Gasteiger partial charge on any atom is 0.337 e. The van der Waals surface area contributed by atoms with Crippen molar-refractivity contribution in [3.8, 4) is 0 Å². The van der Waals surface area contributed by atoms with Crippen molar-refractivity contribution in [1.82, 2.24) is 4.98 Å². The molecule has 2 aromatic rings. The standard InChI is InChI=1S/C15H14ClN3O2/c1-18-8-9-19(14-11(16)5-3-7-17-14)12-6-2-4-10(13(12)18)15(20)21/h2-7H,8-9H2,1H3,(H,20,21). The average Bonchev–Trinajstić information content (AvgIpc) is 2.48. The van der Waals surface area contributed by atoms with Crippen LogP contribution in [0.3, 0.4) is 0 Å². The van der Waals surface area contributed by atoms with Crippen molar-refractivity contribution in [2.45, 2.75) is 0 Å². The van der Waals surface area contributed by atoms with E-state index in [1.54, 1.807) is 30.5 Å². The molecule has 3 rings (SSSR count). The van der Waals surface area contributed by atoms with Crippen LogP contribution in [0.15, 0.2) is 36.5 Å². The molecule has 0 saturated carbocycles. The Hall–Kier alpha value is -2.27. The number of fused-ring (bicyclic) bond motifs is 1. The number of carboxylic acids is 1. The van der Waals surface area contributed by atoms with Crippen molar-refractivity contribution in [3.63, 3.8) is 0 Å². The normalized spacial score (nSPS) is 14.0. The minimum atomic E-state index is -0.937. The second-order valence-corrected chi connectivity index (χ2v) is 5.27. The fraction of sp³-hybridized carbons (Fsp3) is 0.200. The van der Waals surface area contributed by atoms with Gasteiger partial charge >= 0.3 is 5.97 Å². The fourth-order valence-corrected chi connectivity index (χ4v) is 2.82. The number of rotatable bonds is 2. The van der Waals surface area contributed by atoms with Gasteiger partial charge in [0.05, 0.1) is 22.0 Å². The van der Waals surface area contributed by atoms with Crippen LogP contribution in [0.2, 0.25) is 5.02 Å². The first-order valence-corrected chi connectivity index (χ1v) is 6.93. The molecule has 21 heavy (non-hydrogen) atoms. The number of para-hydroxylation sites is 1.